The number of ether oxygens (including phenoxy) is 1. The van der Waals surface area contributed by atoms with Gasteiger partial charge in [-0.1, -0.05) is 224 Å². The van der Waals surface area contributed by atoms with Crippen LogP contribution < -0.4 is 5.32 Å². The van der Waals surface area contributed by atoms with Gasteiger partial charge in [-0.2, -0.15) is 0 Å². The van der Waals surface area contributed by atoms with Crippen molar-refractivity contribution in [2.45, 2.75) is 302 Å². The Bertz CT molecular complexity index is 1020. The first-order chi connectivity index (χ1) is 31.0. The molecule has 3 N–H and O–H groups in total. The van der Waals surface area contributed by atoms with Crippen LogP contribution in [-0.2, 0) is 14.3 Å². The molecule has 0 aliphatic heterocycles. The van der Waals surface area contributed by atoms with Crippen LogP contribution in [0.3, 0.4) is 0 Å². The molecule has 6 nitrogen and oxygen atoms in total. The number of unbranched alkanes of at least 4 members (excludes halogenated alkanes) is 36. The number of aliphatic hydroxyl groups is 2. The second kappa shape index (κ2) is 52.7. The van der Waals surface area contributed by atoms with E-state index in [0.29, 0.717) is 19.4 Å². The average Bonchev–Trinajstić information content (AvgIpc) is 3.28. The van der Waals surface area contributed by atoms with Crippen LogP contribution in [0.2, 0.25) is 0 Å². The maximum absolute atomic E-state index is 12.5. The molecule has 0 fully saturated rings. The van der Waals surface area contributed by atoms with Gasteiger partial charge in [-0.15, -0.1) is 0 Å². The summed E-state index contributed by atoms with van der Waals surface area (Å²) in [5, 5.41) is 23.1. The van der Waals surface area contributed by atoms with Crippen LogP contribution in [0.4, 0.5) is 0 Å². The lowest BCUT2D eigenvalue weighted by Crippen LogP contribution is -2.45. The molecule has 63 heavy (non-hydrogen) atoms. The number of carbonyl (C=O) groups excluding carboxylic acids is 2. The standard InChI is InChI=1S/C57H107NO5/c1-3-5-7-9-11-13-15-17-18-19-20-21-22-23-24-26-29-33-37-41-45-49-55(60)54(53-59)58-56(61)50-46-42-38-34-30-27-28-32-36-40-44-48-52-63-57(62)51-47-43-39-35-31-25-16-14-12-10-8-6-4-2/h14,16,28,32,45,49,54-55,59-60H,3-13,15,17-27,29-31,33-44,46-48,50-53H2,1-2H3,(H,58,61)/b16-14-,32-28-,49-45+. The second-order valence-corrected chi connectivity index (χ2v) is 18.9. The van der Waals surface area contributed by atoms with E-state index in [4.69, 9.17) is 4.74 Å². The third-order valence-electron chi connectivity index (χ3n) is 12.6. The summed E-state index contributed by atoms with van der Waals surface area (Å²) < 4.78 is 5.43. The topological polar surface area (TPSA) is 95.9 Å². The molecule has 2 atom stereocenters. The van der Waals surface area contributed by atoms with Gasteiger partial charge in [0, 0.05) is 12.8 Å². The van der Waals surface area contributed by atoms with E-state index in [1.807, 2.05) is 6.08 Å². The number of esters is 1. The van der Waals surface area contributed by atoms with Crippen LogP contribution in [0.15, 0.2) is 36.5 Å². The molecule has 0 bridgehead atoms. The Labute approximate surface area is 392 Å². The summed E-state index contributed by atoms with van der Waals surface area (Å²) in [6.07, 6.45) is 64.4. The number of aliphatic hydroxyl groups excluding tert-OH is 2. The zero-order valence-electron chi connectivity index (χ0n) is 42.1. The minimum atomic E-state index is -0.862. The fraction of sp³-hybridized carbons (Fsp3) is 0.860. The van der Waals surface area contributed by atoms with Gasteiger partial charge in [-0.25, -0.2) is 0 Å². The molecule has 2 unspecified atom stereocenters. The number of rotatable bonds is 51. The van der Waals surface area contributed by atoms with Gasteiger partial charge in [0.05, 0.1) is 25.4 Å². The summed E-state index contributed by atoms with van der Waals surface area (Å²) in [6, 6.07) is -0.648. The van der Waals surface area contributed by atoms with Crippen molar-refractivity contribution in [2.75, 3.05) is 13.2 Å². The number of carbonyl (C=O) groups is 2. The summed E-state index contributed by atoms with van der Waals surface area (Å²) in [4.78, 5) is 24.5. The maximum atomic E-state index is 12.5. The Morgan fingerprint density at radius 2 is 0.746 bits per heavy atom. The van der Waals surface area contributed by atoms with Crippen molar-refractivity contribution in [1.29, 1.82) is 0 Å². The summed E-state index contributed by atoms with van der Waals surface area (Å²) >= 11 is 0. The Morgan fingerprint density at radius 3 is 1.14 bits per heavy atom. The molecule has 0 aliphatic rings. The van der Waals surface area contributed by atoms with Gasteiger partial charge in [-0.05, 0) is 89.9 Å². The van der Waals surface area contributed by atoms with Crippen molar-refractivity contribution in [3.8, 4) is 0 Å². The average molecular weight is 886 g/mol. The van der Waals surface area contributed by atoms with Crippen LogP contribution in [-0.4, -0.2) is 47.4 Å². The van der Waals surface area contributed by atoms with Crippen molar-refractivity contribution < 1.29 is 24.5 Å². The lowest BCUT2D eigenvalue weighted by Gasteiger charge is -2.20. The number of amides is 1. The molecule has 0 aromatic heterocycles. The van der Waals surface area contributed by atoms with Crippen molar-refractivity contribution in [2.24, 2.45) is 0 Å². The molecule has 0 aromatic carbocycles. The Morgan fingerprint density at radius 1 is 0.429 bits per heavy atom. The zero-order chi connectivity index (χ0) is 45.8. The predicted molar refractivity (Wildman–Crippen MR) is 273 cm³/mol. The van der Waals surface area contributed by atoms with E-state index < -0.39 is 12.1 Å². The quantitative estimate of drug-likeness (QED) is 0.0321. The van der Waals surface area contributed by atoms with Gasteiger partial charge < -0.3 is 20.3 Å². The van der Waals surface area contributed by atoms with Crippen molar-refractivity contribution in [1.82, 2.24) is 5.32 Å². The van der Waals surface area contributed by atoms with Crippen LogP contribution in [0, 0.1) is 0 Å². The van der Waals surface area contributed by atoms with Crippen molar-refractivity contribution in [3.05, 3.63) is 36.5 Å². The number of hydrogen-bond acceptors (Lipinski definition) is 5. The number of hydrogen-bond donors (Lipinski definition) is 3. The second-order valence-electron chi connectivity index (χ2n) is 18.9. The third-order valence-corrected chi connectivity index (χ3v) is 12.6. The van der Waals surface area contributed by atoms with E-state index in [2.05, 4.69) is 43.5 Å². The van der Waals surface area contributed by atoms with E-state index in [1.54, 1.807) is 6.08 Å². The van der Waals surface area contributed by atoms with E-state index in [1.165, 1.54) is 180 Å². The van der Waals surface area contributed by atoms with Crippen LogP contribution in [0.1, 0.15) is 290 Å². The lowest BCUT2D eigenvalue weighted by atomic mass is 10.0. The minimum Gasteiger partial charge on any atom is -0.466 e. The van der Waals surface area contributed by atoms with E-state index in [0.717, 1.165) is 83.5 Å². The number of nitrogens with one attached hydrogen (secondary N) is 1. The minimum absolute atomic E-state index is 0.0336. The summed E-state index contributed by atoms with van der Waals surface area (Å²) in [6.45, 7) is 4.83. The highest BCUT2D eigenvalue weighted by atomic mass is 16.5. The van der Waals surface area contributed by atoms with Gasteiger partial charge in [-0.3, -0.25) is 9.59 Å². The number of allylic oxidation sites excluding steroid dienone is 5. The van der Waals surface area contributed by atoms with Gasteiger partial charge in [0.1, 0.15) is 0 Å². The lowest BCUT2D eigenvalue weighted by molar-refractivity contribution is -0.143. The molecule has 0 saturated heterocycles. The third kappa shape index (κ3) is 49.4. The first-order valence-corrected chi connectivity index (χ1v) is 27.8. The molecule has 0 spiro atoms. The molecular formula is C57H107NO5. The Kier molecular flexibility index (Phi) is 51.1. The Balaban J connectivity index is 3.55. The molecule has 1 amide bonds. The van der Waals surface area contributed by atoms with Crippen LogP contribution >= 0.6 is 0 Å². The first-order valence-electron chi connectivity index (χ1n) is 27.8. The highest BCUT2D eigenvalue weighted by Crippen LogP contribution is 2.16. The molecule has 0 radical (unpaired) electrons. The van der Waals surface area contributed by atoms with Crippen molar-refractivity contribution >= 4 is 11.9 Å². The SMILES string of the molecule is CCCCCC/C=C\CCCCCCCC(=O)OCCCCC/C=C\CCCCCCCC(=O)NC(CO)C(O)/C=C/CCCCCCCCCCCCCCCCCCCCC. The highest BCUT2D eigenvalue weighted by Gasteiger charge is 2.18. The van der Waals surface area contributed by atoms with Gasteiger partial charge in [0.25, 0.3) is 0 Å². The molecular weight excluding hydrogens is 779 g/mol. The molecule has 0 aliphatic carbocycles. The summed E-state index contributed by atoms with van der Waals surface area (Å²) in [5.74, 6) is -0.126. The van der Waals surface area contributed by atoms with Gasteiger partial charge in [0.2, 0.25) is 5.91 Å². The van der Waals surface area contributed by atoms with Crippen LogP contribution in [0.5, 0.6) is 0 Å². The first kappa shape index (κ1) is 61.1. The summed E-state index contributed by atoms with van der Waals surface area (Å²) in [5.41, 5.74) is 0. The molecule has 0 heterocycles. The van der Waals surface area contributed by atoms with Gasteiger partial charge >= 0.3 is 5.97 Å². The fourth-order valence-corrected chi connectivity index (χ4v) is 8.33. The fourth-order valence-electron chi connectivity index (χ4n) is 8.33. The molecule has 6 heteroatoms. The molecule has 370 valence electrons. The highest BCUT2D eigenvalue weighted by molar-refractivity contribution is 5.76. The molecule has 0 aromatic rings. The van der Waals surface area contributed by atoms with E-state index in [9.17, 15) is 19.8 Å². The molecule has 0 rings (SSSR count). The Hall–Kier alpha value is -1.92. The smallest absolute Gasteiger partial charge is 0.305 e. The summed E-state index contributed by atoms with van der Waals surface area (Å²) in [7, 11) is 0. The van der Waals surface area contributed by atoms with E-state index >= 15 is 0 Å². The predicted octanol–water partition coefficient (Wildman–Crippen LogP) is 16.9. The normalized spacial score (nSPS) is 12.9. The zero-order valence-corrected chi connectivity index (χ0v) is 42.1. The van der Waals surface area contributed by atoms with Crippen molar-refractivity contribution in [3.63, 3.8) is 0 Å². The maximum Gasteiger partial charge on any atom is 0.305 e. The van der Waals surface area contributed by atoms with Crippen LogP contribution in [0.25, 0.3) is 0 Å². The largest absolute Gasteiger partial charge is 0.466 e. The van der Waals surface area contributed by atoms with Gasteiger partial charge in [0.15, 0.2) is 0 Å². The van der Waals surface area contributed by atoms with E-state index in [-0.39, 0.29) is 18.5 Å². The monoisotopic (exact) mass is 886 g/mol. The molecule has 0 saturated carbocycles.